The molecular weight excluding hydrogens is 222 g/mol. The van der Waals surface area contributed by atoms with Gasteiger partial charge in [-0.05, 0) is 36.8 Å². The van der Waals surface area contributed by atoms with Gasteiger partial charge in [-0.1, -0.05) is 37.6 Å². The average Bonchev–Trinajstić information content (AvgIpc) is 2.65. The van der Waals surface area contributed by atoms with Crippen molar-refractivity contribution in [1.29, 1.82) is 5.41 Å². The molecule has 2 rings (SSSR count). The number of nitrogens with one attached hydrogen (secondary N) is 1. The molecule has 0 aliphatic heterocycles. The summed E-state index contributed by atoms with van der Waals surface area (Å²) in [6.07, 6.45) is 5.42. The van der Waals surface area contributed by atoms with E-state index in [0.717, 1.165) is 44.4 Å². The molecule has 2 heteroatoms. The van der Waals surface area contributed by atoms with Crippen LogP contribution in [0, 0.1) is 10.8 Å². The molecule has 1 aromatic rings. The maximum atomic E-state index is 8.53. The smallest absolute Gasteiger partial charge is 0.0462 e. The van der Waals surface area contributed by atoms with E-state index in [1.807, 2.05) is 6.07 Å². The molecule has 1 aliphatic carbocycles. The summed E-state index contributed by atoms with van der Waals surface area (Å²) in [6, 6.07) is 8.41. The maximum Gasteiger partial charge on any atom is 0.0462 e. The van der Waals surface area contributed by atoms with Crippen LogP contribution in [0.3, 0.4) is 0 Å². The highest BCUT2D eigenvalue weighted by atomic mass is 16.5. The predicted molar refractivity (Wildman–Crippen MR) is 75.4 cm³/mol. The molecule has 1 N–H and O–H groups in total. The second-order valence-electron chi connectivity index (χ2n) is 5.34. The van der Waals surface area contributed by atoms with E-state index in [1.165, 1.54) is 11.1 Å². The van der Waals surface area contributed by atoms with Gasteiger partial charge in [0.15, 0.2) is 0 Å². The van der Waals surface area contributed by atoms with E-state index in [9.17, 15) is 0 Å². The van der Waals surface area contributed by atoms with E-state index in [1.54, 1.807) is 7.11 Å². The first-order valence-corrected chi connectivity index (χ1v) is 6.90. The van der Waals surface area contributed by atoms with E-state index in [-0.39, 0.29) is 5.41 Å². The normalized spacial score (nSPS) is 22.2. The van der Waals surface area contributed by atoms with Gasteiger partial charge in [-0.2, -0.15) is 0 Å². The number of ether oxygens (including phenoxy) is 1. The monoisotopic (exact) mass is 245 g/mol. The van der Waals surface area contributed by atoms with Crippen molar-refractivity contribution in [2.75, 3.05) is 13.7 Å². The Morgan fingerprint density at radius 2 is 2.06 bits per heavy atom. The van der Waals surface area contributed by atoms with Gasteiger partial charge >= 0.3 is 0 Å². The molecule has 0 radical (unpaired) electrons. The largest absolute Gasteiger partial charge is 0.385 e. The van der Waals surface area contributed by atoms with Crippen LogP contribution in [0.5, 0.6) is 0 Å². The van der Waals surface area contributed by atoms with E-state index in [2.05, 4.69) is 25.1 Å². The van der Waals surface area contributed by atoms with Crippen LogP contribution in [0.2, 0.25) is 0 Å². The molecule has 1 atom stereocenters. The van der Waals surface area contributed by atoms with Gasteiger partial charge in [0.05, 0.1) is 0 Å². The van der Waals surface area contributed by atoms with Crippen molar-refractivity contribution in [3.8, 4) is 0 Å². The van der Waals surface area contributed by atoms with Crippen molar-refractivity contribution in [1.82, 2.24) is 0 Å². The molecule has 98 valence electrons. The molecule has 0 unspecified atom stereocenters. The Labute approximate surface area is 110 Å². The number of benzene rings is 1. The van der Waals surface area contributed by atoms with Crippen molar-refractivity contribution in [3.05, 3.63) is 35.4 Å². The highest BCUT2D eigenvalue weighted by Crippen LogP contribution is 2.43. The second-order valence-corrected chi connectivity index (χ2v) is 5.34. The van der Waals surface area contributed by atoms with Crippen LogP contribution in [-0.2, 0) is 11.2 Å². The zero-order valence-corrected chi connectivity index (χ0v) is 11.5. The molecule has 0 saturated carbocycles. The molecule has 0 aromatic heterocycles. The minimum absolute atomic E-state index is 0.0664. The summed E-state index contributed by atoms with van der Waals surface area (Å²) >= 11 is 0. The quantitative estimate of drug-likeness (QED) is 0.759. The lowest BCUT2D eigenvalue weighted by molar-refractivity contribution is 0.179. The number of rotatable bonds is 6. The van der Waals surface area contributed by atoms with Crippen LogP contribution < -0.4 is 0 Å². The molecule has 1 aliphatic rings. The lowest BCUT2D eigenvalue weighted by Crippen LogP contribution is -2.28. The topological polar surface area (TPSA) is 33.1 Å². The number of methoxy groups -OCH3 is 1. The van der Waals surface area contributed by atoms with Crippen molar-refractivity contribution in [2.24, 2.45) is 5.41 Å². The molecule has 0 fully saturated rings. The fourth-order valence-electron chi connectivity index (χ4n) is 3.24. The van der Waals surface area contributed by atoms with Gasteiger partial charge in [0.25, 0.3) is 0 Å². The van der Waals surface area contributed by atoms with Gasteiger partial charge in [-0.3, -0.25) is 0 Å². The summed E-state index contributed by atoms with van der Waals surface area (Å²) in [5, 5.41) is 8.53. The summed E-state index contributed by atoms with van der Waals surface area (Å²) in [4.78, 5) is 0. The summed E-state index contributed by atoms with van der Waals surface area (Å²) in [5.74, 6) is 0. The Morgan fingerprint density at radius 3 is 2.72 bits per heavy atom. The SMILES string of the molecule is CCC[C@@]1(CCCOC)Cc2ccccc2C1=N. The van der Waals surface area contributed by atoms with Gasteiger partial charge in [-0.25, -0.2) is 0 Å². The lowest BCUT2D eigenvalue weighted by Gasteiger charge is -2.29. The van der Waals surface area contributed by atoms with Crippen LogP contribution >= 0.6 is 0 Å². The Morgan fingerprint density at radius 1 is 1.28 bits per heavy atom. The van der Waals surface area contributed by atoms with Crippen LogP contribution in [0.1, 0.15) is 43.7 Å². The Kier molecular flexibility index (Phi) is 4.18. The Hall–Kier alpha value is -1.15. The molecule has 0 spiro atoms. The maximum absolute atomic E-state index is 8.53. The molecule has 0 heterocycles. The molecule has 2 nitrogen and oxygen atoms in total. The highest BCUT2D eigenvalue weighted by molar-refractivity contribution is 6.06. The van der Waals surface area contributed by atoms with E-state index in [0.29, 0.717) is 0 Å². The molecule has 18 heavy (non-hydrogen) atoms. The fraction of sp³-hybridized carbons (Fsp3) is 0.562. The Bertz CT molecular complexity index is 427. The summed E-state index contributed by atoms with van der Waals surface area (Å²) in [6.45, 7) is 3.02. The fourth-order valence-corrected chi connectivity index (χ4v) is 3.24. The first-order chi connectivity index (χ1) is 8.73. The van der Waals surface area contributed by atoms with E-state index < -0.39 is 0 Å². The number of hydrogen-bond acceptors (Lipinski definition) is 2. The second kappa shape index (κ2) is 5.66. The summed E-state index contributed by atoms with van der Waals surface area (Å²) < 4.78 is 5.17. The van der Waals surface area contributed by atoms with E-state index in [4.69, 9.17) is 10.1 Å². The Balaban J connectivity index is 2.20. The van der Waals surface area contributed by atoms with Crippen LogP contribution in [-0.4, -0.2) is 19.4 Å². The van der Waals surface area contributed by atoms with Crippen LogP contribution in [0.4, 0.5) is 0 Å². The third-order valence-electron chi connectivity index (χ3n) is 4.08. The van der Waals surface area contributed by atoms with Gasteiger partial charge in [-0.15, -0.1) is 0 Å². The third-order valence-corrected chi connectivity index (χ3v) is 4.08. The molecule has 0 amide bonds. The highest BCUT2D eigenvalue weighted by Gasteiger charge is 2.40. The third kappa shape index (κ3) is 2.35. The summed E-state index contributed by atoms with van der Waals surface area (Å²) in [5.41, 5.74) is 3.45. The predicted octanol–water partition coefficient (Wildman–Crippen LogP) is 3.82. The average molecular weight is 245 g/mol. The number of fused-ring (bicyclic) bond motifs is 1. The first kappa shape index (κ1) is 13.3. The first-order valence-electron chi connectivity index (χ1n) is 6.90. The molecular formula is C16H23NO. The minimum atomic E-state index is 0.0664. The molecule has 0 bridgehead atoms. The van der Waals surface area contributed by atoms with Crippen LogP contribution in [0.25, 0.3) is 0 Å². The summed E-state index contributed by atoms with van der Waals surface area (Å²) in [7, 11) is 1.75. The molecule has 1 aromatic carbocycles. The van der Waals surface area contributed by atoms with Crippen LogP contribution in [0.15, 0.2) is 24.3 Å². The van der Waals surface area contributed by atoms with Crippen molar-refractivity contribution in [3.63, 3.8) is 0 Å². The van der Waals surface area contributed by atoms with Crippen molar-refractivity contribution in [2.45, 2.75) is 39.0 Å². The zero-order chi connectivity index (χ0) is 13.0. The molecule has 0 saturated heterocycles. The van der Waals surface area contributed by atoms with Gasteiger partial charge in [0, 0.05) is 24.8 Å². The van der Waals surface area contributed by atoms with E-state index >= 15 is 0 Å². The number of hydrogen-bond donors (Lipinski definition) is 1. The minimum Gasteiger partial charge on any atom is -0.385 e. The van der Waals surface area contributed by atoms with Crippen molar-refractivity contribution >= 4 is 5.71 Å². The zero-order valence-electron chi connectivity index (χ0n) is 11.5. The van der Waals surface area contributed by atoms with Gasteiger partial charge < -0.3 is 10.1 Å². The van der Waals surface area contributed by atoms with Gasteiger partial charge in [0.1, 0.15) is 0 Å². The van der Waals surface area contributed by atoms with Crippen molar-refractivity contribution < 1.29 is 4.74 Å². The lowest BCUT2D eigenvalue weighted by atomic mass is 9.75. The standard InChI is InChI=1S/C16H23NO/c1-3-9-16(10-6-11-18-2)12-13-7-4-5-8-14(13)15(16)17/h4-5,7-8,17H,3,6,9-12H2,1-2H3/t16-/m1/s1. The van der Waals surface area contributed by atoms with Gasteiger partial charge in [0.2, 0.25) is 0 Å².